The lowest BCUT2D eigenvalue weighted by Gasteiger charge is -2.13. The third-order valence-electron chi connectivity index (χ3n) is 2.88. The van der Waals surface area contributed by atoms with Crippen molar-refractivity contribution in [1.29, 1.82) is 0 Å². The van der Waals surface area contributed by atoms with Crippen LogP contribution in [0.4, 0.5) is 0 Å². The third-order valence-corrected chi connectivity index (χ3v) is 3.38. The highest BCUT2D eigenvalue weighted by Gasteiger charge is 2.38. The molecular weight excluding hydrogens is 287 g/mol. The Morgan fingerprint density at radius 1 is 1.50 bits per heavy atom. The highest BCUT2D eigenvalue weighted by Crippen LogP contribution is 2.31. The Morgan fingerprint density at radius 2 is 2.15 bits per heavy atom. The fraction of sp³-hybridized carbons (Fsp3) is 0.364. The van der Waals surface area contributed by atoms with E-state index in [1.165, 1.54) is 12.1 Å². The maximum atomic E-state index is 11.1. The monoisotopic (exact) mass is 300 g/mol. The SMILES string of the molecule is Cc1cc(OS(C)(=O)=O)cc2c1C(CC(=O)O)OB2O. The molecule has 0 spiro atoms. The first kappa shape index (κ1) is 14.8. The lowest BCUT2D eigenvalue weighted by Crippen LogP contribution is -2.28. The van der Waals surface area contributed by atoms with Crippen LogP contribution in [-0.2, 0) is 19.6 Å². The number of carboxylic acids is 1. The van der Waals surface area contributed by atoms with Gasteiger partial charge in [0, 0.05) is 0 Å². The summed E-state index contributed by atoms with van der Waals surface area (Å²) in [6.45, 7) is 1.67. The van der Waals surface area contributed by atoms with Crippen molar-refractivity contribution in [3.63, 3.8) is 0 Å². The fourth-order valence-corrected chi connectivity index (χ4v) is 2.71. The van der Waals surface area contributed by atoms with E-state index in [1.54, 1.807) is 6.92 Å². The van der Waals surface area contributed by atoms with Crippen LogP contribution in [0.15, 0.2) is 12.1 Å². The van der Waals surface area contributed by atoms with Crippen molar-refractivity contribution in [3.8, 4) is 5.75 Å². The van der Waals surface area contributed by atoms with E-state index in [2.05, 4.69) is 0 Å². The Bertz CT molecular complexity index is 655. The Morgan fingerprint density at radius 3 is 2.70 bits per heavy atom. The molecule has 0 aliphatic carbocycles. The van der Waals surface area contributed by atoms with Gasteiger partial charge in [-0.3, -0.25) is 4.79 Å². The van der Waals surface area contributed by atoms with Gasteiger partial charge in [0.2, 0.25) is 0 Å². The van der Waals surface area contributed by atoms with Crippen molar-refractivity contribution in [2.45, 2.75) is 19.4 Å². The van der Waals surface area contributed by atoms with Crippen LogP contribution in [0.25, 0.3) is 0 Å². The van der Waals surface area contributed by atoms with Gasteiger partial charge in [-0.15, -0.1) is 0 Å². The molecule has 1 aromatic carbocycles. The highest BCUT2D eigenvalue weighted by atomic mass is 32.2. The molecule has 0 saturated carbocycles. The maximum Gasteiger partial charge on any atom is 0.492 e. The second-order valence-corrected chi connectivity index (χ2v) is 6.18. The molecule has 1 aliphatic rings. The van der Waals surface area contributed by atoms with Crippen molar-refractivity contribution < 1.29 is 32.2 Å². The molecule has 9 heteroatoms. The highest BCUT2D eigenvalue weighted by molar-refractivity contribution is 7.86. The molecule has 2 rings (SSSR count). The number of rotatable bonds is 4. The number of aryl methyl sites for hydroxylation is 1. The Labute approximate surface area is 116 Å². The zero-order valence-electron chi connectivity index (χ0n) is 10.9. The predicted molar refractivity (Wildman–Crippen MR) is 70.3 cm³/mol. The normalized spacial score (nSPS) is 17.9. The average molecular weight is 300 g/mol. The number of carboxylic acid groups (broad SMARTS) is 1. The second-order valence-electron chi connectivity index (χ2n) is 4.61. The van der Waals surface area contributed by atoms with Gasteiger partial charge in [0.15, 0.2) is 0 Å². The summed E-state index contributed by atoms with van der Waals surface area (Å²) < 4.78 is 32.2. The van der Waals surface area contributed by atoms with Gasteiger partial charge in [0.1, 0.15) is 5.75 Å². The fourth-order valence-electron chi connectivity index (χ4n) is 2.26. The first-order valence-corrected chi connectivity index (χ1v) is 7.58. The van der Waals surface area contributed by atoms with Crippen LogP contribution in [0.1, 0.15) is 23.7 Å². The molecule has 0 aromatic heterocycles. The number of fused-ring (bicyclic) bond motifs is 1. The molecule has 0 fully saturated rings. The van der Waals surface area contributed by atoms with E-state index in [0.29, 0.717) is 16.6 Å². The van der Waals surface area contributed by atoms with Crippen LogP contribution in [0.2, 0.25) is 0 Å². The smallest absolute Gasteiger partial charge is 0.481 e. The zero-order chi connectivity index (χ0) is 15.1. The van der Waals surface area contributed by atoms with E-state index in [4.69, 9.17) is 13.9 Å². The Hall–Kier alpha value is -1.58. The van der Waals surface area contributed by atoms with Crippen LogP contribution in [0, 0.1) is 6.92 Å². The molecule has 1 unspecified atom stereocenters. The molecule has 1 atom stereocenters. The number of aliphatic carboxylic acids is 1. The summed E-state index contributed by atoms with van der Waals surface area (Å²) in [6, 6.07) is 2.81. The Kier molecular flexibility index (Phi) is 3.76. The molecule has 20 heavy (non-hydrogen) atoms. The minimum Gasteiger partial charge on any atom is -0.481 e. The molecule has 108 valence electrons. The zero-order valence-corrected chi connectivity index (χ0v) is 11.7. The van der Waals surface area contributed by atoms with Crippen LogP contribution < -0.4 is 9.65 Å². The largest absolute Gasteiger partial charge is 0.492 e. The summed E-state index contributed by atoms with van der Waals surface area (Å²) in [6.07, 6.45) is -0.128. The molecule has 1 aromatic rings. The number of benzene rings is 1. The summed E-state index contributed by atoms with van der Waals surface area (Å²) in [7, 11) is -4.97. The predicted octanol–water partition coefficient (Wildman–Crippen LogP) is -0.433. The van der Waals surface area contributed by atoms with E-state index in [1.807, 2.05) is 0 Å². The Balaban J connectivity index is 2.42. The molecule has 0 bridgehead atoms. The summed E-state index contributed by atoms with van der Waals surface area (Å²) in [5.74, 6) is -0.992. The molecule has 7 nitrogen and oxygen atoms in total. The number of hydrogen-bond donors (Lipinski definition) is 2. The quantitative estimate of drug-likeness (QED) is 0.573. The van der Waals surface area contributed by atoms with Crippen molar-refractivity contribution in [1.82, 2.24) is 0 Å². The molecule has 1 heterocycles. The summed E-state index contributed by atoms with van der Waals surface area (Å²) >= 11 is 0. The lowest BCUT2D eigenvalue weighted by molar-refractivity contribution is -0.138. The molecule has 1 aliphatic heterocycles. The molecular formula is C11H13BO7S. The van der Waals surface area contributed by atoms with Gasteiger partial charge in [0.05, 0.1) is 18.8 Å². The summed E-state index contributed by atoms with van der Waals surface area (Å²) in [4.78, 5) is 10.8. The van der Waals surface area contributed by atoms with Crippen molar-refractivity contribution in [3.05, 3.63) is 23.3 Å². The molecule has 0 saturated heterocycles. The summed E-state index contributed by atoms with van der Waals surface area (Å²) in [5.41, 5.74) is 1.49. The minimum atomic E-state index is -3.68. The van der Waals surface area contributed by atoms with E-state index >= 15 is 0 Å². The third kappa shape index (κ3) is 3.11. The standard InChI is InChI=1S/C11H13BO7S/c1-6-3-7(19-20(2,16)17)4-8-11(6)9(5-10(13)14)18-12(8)15/h3-4,9,15H,5H2,1-2H3,(H,13,14). The topological polar surface area (TPSA) is 110 Å². The van der Waals surface area contributed by atoms with Crippen molar-refractivity contribution >= 4 is 28.7 Å². The number of hydrogen-bond acceptors (Lipinski definition) is 6. The van der Waals surface area contributed by atoms with Gasteiger partial charge in [-0.05, 0) is 35.6 Å². The molecule has 2 N–H and O–H groups in total. The number of carbonyl (C=O) groups is 1. The minimum absolute atomic E-state index is 0.0578. The molecule has 0 amide bonds. The van der Waals surface area contributed by atoms with Gasteiger partial charge in [0.25, 0.3) is 0 Å². The van der Waals surface area contributed by atoms with E-state index in [9.17, 15) is 18.2 Å². The van der Waals surface area contributed by atoms with Crippen LogP contribution in [-0.4, -0.2) is 37.9 Å². The first-order chi connectivity index (χ1) is 9.17. The van der Waals surface area contributed by atoms with Gasteiger partial charge < -0.3 is 19.0 Å². The van der Waals surface area contributed by atoms with E-state index in [-0.39, 0.29) is 12.2 Å². The maximum absolute atomic E-state index is 11.1. The summed E-state index contributed by atoms with van der Waals surface area (Å²) in [5, 5.41) is 18.6. The van der Waals surface area contributed by atoms with Gasteiger partial charge >= 0.3 is 23.2 Å². The van der Waals surface area contributed by atoms with Gasteiger partial charge in [-0.1, -0.05) is 0 Å². The van der Waals surface area contributed by atoms with Crippen LogP contribution in [0.5, 0.6) is 5.75 Å². The molecule has 0 radical (unpaired) electrons. The average Bonchev–Trinajstić information content (AvgIpc) is 2.52. The van der Waals surface area contributed by atoms with Crippen LogP contribution >= 0.6 is 0 Å². The lowest BCUT2D eigenvalue weighted by atomic mass is 9.77. The van der Waals surface area contributed by atoms with Crippen LogP contribution in [0.3, 0.4) is 0 Å². The second kappa shape index (κ2) is 5.08. The van der Waals surface area contributed by atoms with Gasteiger partial charge in [-0.2, -0.15) is 8.42 Å². The van der Waals surface area contributed by atoms with E-state index < -0.39 is 29.3 Å². The van der Waals surface area contributed by atoms with Gasteiger partial charge in [-0.25, -0.2) is 0 Å². The van der Waals surface area contributed by atoms with Crippen molar-refractivity contribution in [2.24, 2.45) is 0 Å². The van der Waals surface area contributed by atoms with Crippen molar-refractivity contribution in [2.75, 3.05) is 6.26 Å². The van der Waals surface area contributed by atoms with E-state index in [0.717, 1.165) is 6.26 Å². The first-order valence-electron chi connectivity index (χ1n) is 5.76.